The second-order valence-corrected chi connectivity index (χ2v) is 10.7. The fourth-order valence-electron chi connectivity index (χ4n) is 4.26. The molecule has 3 aromatic rings. The first-order valence-electron chi connectivity index (χ1n) is 10.8. The number of nitrogens with zero attached hydrogens (tertiary/aromatic N) is 4. The van der Waals surface area contributed by atoms with Crippen LogP contribution >= 0.6 is 0 Å². The molecular weight excluding hydrogens is 428 g/mol. The fourth-order valence-corrected chi connectivity index (χ4v) is 4.84. The first-order chi connectivity index (χ1) is 15.3. The molecule has 1 aliphatic carbocycles. The number of aliphatic hydroxyl groups excluding tert-OH is 1. The number of methoxy groups -OCH3 is 1. The maximum Gasteiger partial charge on any atom is 0.241 e. The van der Waals surface area contributed by atoms with Crippen LogP contribution in [0.25, 0.3) is 16.6 Å². The molecule has 9 nitrogen and oxygen atoms in total. The molecule has 4 rings (SSSR count). The monoisotopic (exact) mass is 458 g/mol. The molecule has 172 valence electrons. The smallest absolute Gasteiger partial charge is 0.241 e. The van der Waals surface area contributed by atoms with Crippen LogP contribution in [0.15, 0.2) is 35.6 Å². The van der Waals surface area contributed by atoms with E-state index in [0.29, 0.717) is 12.6 Å². The van der Waals surface area contributed by atoms with Gasteiger partial charge in [0, 0.05) is 48.3 Å². The van der Waals surface area contributed by atoms with Gasteiger partial charge < -0.3 is 15.2 Å². The zero-order valence-electron chi connectivity index (χ0n) is 18.6. The van der Waals surface area contributed by atoms with Crippen molar-refractivity contribution in [2.75, 3.05) is 25.3 Å². The molecule has 3 aromatic heterocycles. The Balaban J connectivity index is 1.77. The van der Waals surface area contributed by atoms with Crippen LogP contribution in [0.4, 0.5) is 5.95 Å². The van der Waals surface area contributed by atoms with Gasteiger partial charge in [-0.3, -0.25) is 0 Å². The van der Waals surface area contributed by atoms with Crippen LogP contribution in [-0.2, 0) is 14.5 Å². The second kappa shape index (κ2) is 9.13. The van der Waals surface area contributed by atoms with Gasteiger partial charge >= 0.3 is 0 Å². The SMILES string of the molecule is COC[C@H](C)Nc1ncc2c(-c3ccc(S(C)(=N)=O)nc3)cc([C@H]3CC[C@H](O)CC3)n2n1. The van der Waals surface area contributed by atoms with E-state index < -0.39 is 9.73 Å². The molecular formula is C22H30N6O3S. The Hall–Kier alpha value is -2.56. The molecule has 2 atom stereocenters. The summed E-state index contributed by atoms with van der Waals surface area (Å²) < 4.78 is 26.9. The third-order valence-corrected chi connectivity index (χ3v) is 6.94. The highest BCUT2D eigenvalue weighted by molar-refractivity contribution is 7.91. The summed E-state index contributed by atoms with van der Waals surface area (Å²) in [6.07, 6.45) is 7.93. The number of fused-ring (bicyclic) bond motifs is 1. The highest BCUT2D eigenvalue weighted by atomic mass is 32.2. The molecule has 0 radical (unpaired) electrons. The molecule has 3 N–H and O–H groups in total. The molecule has 0 spiro atoms. The number of hydrogen-bond donors (Lipinski definition) is 3. The highest BCUT2D eigenvalue weighted by Crippen LogP contribution is 2.37. The van der Waals surface area contributed by atoms with E-state index in [2.05, 4.69) is 21.4 Å². The summed E-state index contributed by atoms with van der Waals surface area (Å²) in [5.74, 6) is 0.809. The first-order valence-corrected chi connectivity index (χ1v) is 12.8. The summed E-state index contributed by atoms with van der Waals surface area (Å²) in [4.78, 5) is 8.78. The molecule has 3 heterocycles. The van der Waals surface area contributed by atoms with E-state index >= 15 is 0 Å². The standard InChI is InChI=1S/C22H30N6O3S/c1-14(13-31-2)26-22-25-12-20-18(16-6-9-21(24-11-16)32(3,23)30)10-19(28(20)27-22)15-4-7-17(29)8-5-15/h6,9-12,14-15,17,23,29H,4-5,7-8,13H2,1-3H3,(H,26,27)/t14-,15-,17-,32?/m0/s1. The summed E-state index contributed by atoms with van der Waals surface area (Å²) in [6, 6.07) is 5.67. The van der Waals surface area contributed by atoms with Gasteiger partial charge in [0.05, 0.1) is 34.2 Å². The Bertz CT molecular complexity index is 1180. The van der Waals surface area contributed by atoms with Crippen LogP contribution in [0.5, 0.6) is 0 Å². The lowest BCUT2D eigenvalue weighted by Crippen LogP contribution is -2.23. The average Bonchev–Trinajstić information content (AvgIpc) is 3.13. The Morgan fingerprint density at radius 2 is 2.03 bits per heavy atom. The largest absolute Gasteiger partial charge is 0.393 e. The number of pyridine rings is 1. The fraction of sp³-hybridized carbons (Fsp3) is 0.500. The number of nitrogens with one attached hydrogen (secondary N) is 2. The topological polar surface area (TPSA) is 125 Å². The maximum absolute atomic E-state index is 12.0. The van der Waals surface area contributed by atoms with E-state index in [9.17, 15) is 9.32 Å². The third-order valence-electron chi connectivity index (χ3n) is 5.90. The predicted octanol–water partition coefficient (Wildman–Crippen LogP) is 3.29. The third kappa shape index (κ3) is 4.77. The van der Waals surface area contributed by atoms with Gasteiger partial charge in [-0.1, -0.05) is 0 Å². The number of ether oxygens (including phenoxy) is 1. The molecule has 1 aliphatic rings. The molecule has 1 saturated carbocycles. The summed E-state index contributed by atoms with van der Waals surface area (Å²) in [5, 5.41) is 18.3. The number of aliphatic hydroxyl groups is 1. The lowest BCUT2D eigenvalue weighted by Gasteiger charge is -2.25. The molecule has 0 aliphatic heterocycles. The second-order valence-electron chi connectivity index (χ2n) is 8.60. The maximum atomic E-state index is 12.0. The Labute approximate surface area is 188 Å². The lowest BCUT2D eigenvalue weighted by molar-refractivity contribution is 0.121. The summed E-state index contributed by atoms with van der Waals surface area (Å²) in [6.45, 7) is 2.55. The molecule has 32 heavy (non-hydrogen) atoms. The van der Waals surface area contributed by atoms with E-state index in [4.69, 9.17) is 14.6 Å². The van der Waals surface area contributed by atoms with Gasteiger partial charge in [-0.15, -0.1) is 5.10 Å². The molecule has 1 fully saturated rings. The Morgan fingerprint density at radius 1 is 1.28 bits per heavy atom. The van der Waals surface area contributed by atoms with Crippen LogP contribution in [0.2, 0.25) is 0 Å². The van der Waals surface area contributed by atoms with E-state index in [1.807, 2.05) is 17.5 Å². The van der Waals surface area contributed by atoms with Crippen molar-refractivity contribution in [2.24, 2.45) is 0 Å². The van der Waals surface area contributed by atoms with Crippen molar-refractivity contribution in [3.05, 3.63) is 36.3 Å². The van der Waals surface area contributed by atoms with Crippen molar-refractivity contribution < 1.29 is 14.1 Å². The van der Waals surface area contributed by atoms with E-state index in [0.717, 1.165) is 48.0 Å². The quantitative estimate of drug-likeness (QED) is 0.496. The zero-order chi connectivity index (χ0) is 22.9. The number of aromatic nitrogens is 4. The number of rotatable bonds is 7. The summed E-state index contributed by atoms with van der Waals surface area (Å²) in [7, 11) is -1.21. The predicted molar refractivity (Wildman–Crippen MR) is 123 cm³/mol. The van der Waals surface area contributed by atoms with E-state index in [1.165, 1.54) is 6.26 Å². The van der Waals surface area contributed by atoms with E-state index in [1.54, 1.807) is 25.6 Å². The van der Waals surface area contributed by atoms with Gasteiger partial charge in [-0.25, -0.2) is 23.5 Å². The Morgan fingerprint density at radius 3 is 2.66 bits per heavy atom. The number of hydrogen-bond acceptors (Lipinski definition) is 8. The summed E-state index contributed by atoms with van der Waals surface area (Å²) in [5.41, 5.74) is 3.73. The van der Waals surface area contributed by atoms with Gasteiger partial charge in [0.2, 0.25) is 5.95 Å². The van der Waals surface area contributed by atoms with Gasteiger partial charge in [0.25, 0.3) is 0 Å². The normalized spacial score (nSPS) is 21.9. The average molecular weight is 459 g/mol. The van der Waals surface area contributed by atoms with Crippen molar-refractivity contribution in [1.82, 2.24) is 19.6 Å². The van der Waals surface area contributed by atoms with Crippen molar-refractivity contribution in [3.63, 3.8) is 0 Å². The molecule has 1 unspecified atom stereocenters. The molecule has 0 saturated heterocycles. The van der Waals surface area contributed by atoms with Crippen LogP contribution in [0, 0.1) is 4.78 Å². The van der Waals surface area contributed by atoms with Gasteiger partial charge in [0.1, 0.15) is 5.03 Å². The van der Waals surface area contributed by atoms with Crippen LogP contribution in [0.3, 0.4) is 0 Å². The van der Waals surface area contributed by atoms with Crippen molar-refractivity contribution in [3.8, 4) is 11.1 Å². The molecule has 0 bridgehead atoms. The minimum atomic E-state index is -2.87. The molecule has 10 heteroatoms. The summed E-state index contributed by atoms with van der Waals surface area (Å²) >= 11 is 0. The zero-order valence-corrected chi connectivity index (χ0v) is 19.4. The highest BCUT2D eigenvalue weighted by Gasteiger charge is 2.25. The molecule has 0 aromatic carbocycles. The molecule has 0 amide bonds. The van der Waals surface area contributed by atoms with Crippen molar-refractivity contribution in [2.45, 2.75) is 55.7 Å². The van der Waals surface area contributed by atoms with Crippen LogP contribution < -0.4 is 5.32 Å². The van der Waals surface area contributed by atoms with E-state index in [-0.39, 0.29) is 23.1 Å². The van der Waals surface area contributed by atoms with Crippen molar-refractivity contribution in [1.29, 1.82) is 4.78 Å². The minimum absolute atomic E-state index is 0.0614. The van der Waals surface area contributed by atoms with Gasteiger partial charge in [-0.2, -0.15) is 0 Å². The van der Waals surface area contributed by atoms with Crippen molar-refractivity contribution >= 4 is 21.2 Å². The van der Waals surface area contributed by atoms with Crippen LogP contribution in [0.1, 0.15) is 44.2 Å². The lowest BCUT2D eigenvalue weighted by atomic mass is 9.85. The minimum Gasteiger partial charge on any atom is -0.393 e. The first kappa shape index (κ1) is 22.6. The van der Waals surface area contributed by atoms with Crippen LogP contribution in [-0.4, -0.2) is 61.0 Å². The van der Waals surface area contributed by atoms with Gasteiger partial charge in [-0.05, 0) is 50.8 Å². The number of anilines is 1. The van der Waals surface area contributed by atoms with Gasteiger partial charge in [0.15, 0.2) is 0 Å². The Kier molecular flexibility index (Phi) is 6.45.